The molecule has 0 saturated carbocycles. The number of rotatable bonds is 4. The van der Waals surface area contributed by atoms with Gasteiger partial charge in [0, 0.05) is 29.0 Å². The molecule has 0 saturated heterocycles. The van der Waals surface area contributed by atoms with E-state index >= 15 is 0 Å². The molecule has 3 heterocycles. The summed E-state index contributed by atoms with van der Waals surface area (Å²) in [6, 6.07) is 2.17. The van der Waals surface area contributed by atoms with Crippen molar-refractivity contribution in [3.63, 3.8) is 0 Å². The zero-order valence-electron chi connectivity index (χ0n) is 11.4. The molecule has 1 amide bonds. The Morgan fingerprint density at radius 3 is 3.20 bits per heavy atom. The summed E-state index contributed by atoms with van der Waals surface area (Å²) < 4.78 is 0. The normalized spacial score (nSPS) is 15.1. The largest absolute Gasteiger partial charge is 0.348 e. The number of fused-ring (bicyclic) bond motifs is 1. The Kier molecular flexibility index (Phi) is 4.14. The monoisotopic (exact) mass is 307 g/mol. The summed E-state index contributed by atoms with van der Waals surface area (Å²) in [6.45, 7) is 4.84. The molecule has 6 heteroatoms. The molecule has 1 aliphatic heterocycles. The number of aryl methyl sites for hydroxylation is 1. The lowest BCUT2D eigenvalue weighted by Crippen LogP contribution is -2.39. The van der Waals surface area contributed by atoms with Gasteiger partial charge in [0.25, 0.3) is 0 Å². The third-order valence-electron chi connectivity index (χ3n) is 3.36. The van der Waals surface area contributed by atoms with Gasteiger partial charge in [-0.25, -0.2) is 4.98 Å². The van der Waals surface area contributed by atoms with Crippen molar-refractivity contribution in [3.8, 4) is 0 Å². The Balaban J connectivity index is 1.47. The Bertz CT molecular complexity index is 605. The fourth-order valence-electron chi connectivity index (χ4n) is 2.36. The Hall–Kier alpha value is -1.24. The van der Waals surface area contributed by atoms with E-state index < -0.39 is 0 Å². The van der Waals surface area contributed by atoms with Gasteiger partial charge >= 0.3 is 0 Å². The molecule has 0 unspecified atom stereocenters. The van der Waals surface area contributed by atoms with E-state index in [1.54, 1.807) is 11.3 Å². The van der Waals surface area contributed by atoms with E-state index in [1.807, 2.05) is 23.6 Å². The molecule has 2 aromatic rings. The lowest BCUT2D eigenvalue weighted by atomic mass is 10.1. The highest BCUT2D eigenvalue weighted by molar-refractivity contribution is 7.10. The van der Waals surface area contributed by atoms with Gasteiger partial charge in [-0.1, -0.05) is 0 Å². The molecule has 0 atom stereocenters. The molecular formula is C14H17N3OS2. The van der Waals surface area contributed by atoms with Crippen LogP contribution in [-0.4, -0.2) is 28.9 Å². The van der Waals surface area contributed by atoms with Gasteiger partial charge in [-0.3, -0.25) is 9.69 Å². The zero-order valence-corrected chi connectivity index (χ0v) is 13.0. The molecule has 20 heavy (non-hydrogen) atoms. The fraction of sp³-hybridized carbons (Fsp3) is 0.429. The van der Waals surface area contributed by atoms with Gasteiger partial charge in [0.2, 0.25) is 5.91 Å². The van der Waals surface area contributed by atoms with Gasteiger partial charge in [0.15, 0.2) is 0 Å². The van der Waals surface area contributed by atoms with Crippen LogP contribution < -0.4 is 5.32 Å². The predicted octanol–water partition coefficient (Wildman–Crippen LogP) is 2.19. The molecule has 2 aromatic heterocycles. The van der Waals surface area contributed by atoms with E-state index in [2.05, 4.69) is 26.6 Å². The van der Waals surface area contributed by atoms with Crippen molar-refractivity contribution in [1.82, 2.24) is 15.2 Å². The second kappa shape index (κ2) is 6.03. The second-order valence-corrected chi connectivity index (χ2v) is 6.93. The maximum atomic E-state index is 12.0. The topological polar surface area (TPSA) is 45.2 Å². The molecule has 0 fully saturated rings. The van der Waals surface area contributed by atoms with Gasteiger partial charge in [-0.2, -0.15) is 0 Å². The molecule has 1 aliphatic rings. The van der Waals surface area contributed by atoms with E-state index in [9.17, 15) is 4.79 Å². The molecule has 0 radical (unpaired) electrons. The molecule has 0 spiro atoms. The van der Waals surface area contributed by atoms with Gasteiger partial charge in [-0.15, -0.1) is 22.7 Å². The number of thiazole rings is 1. The van der Waals surface area contributed by atoms with Crippen LogP contribution in [0.5, 0.6) is 0 Å². The SMILES string of the molecule is Cc1csc(CNC(=O)CN2CCc3sccc3C2)n1. The van der Waals surface area contributed by atoms with Crippen LogP contribution in [0.2, 0.25) is 0 Å². The smallest absolute Gasteiger partial charge is 0.234 e. The average molecular weight is 307 g/mol. The van der Waals surface area contributed by atoms with Gasteiger partial charge in [0.05, 0.1) is 13.1 Å². The number of hydrogen-bond donors (Lipinski definition) is 1. The summed E-state index contributed by atoms with van der Waals surface area (Å²) in [5, 5.41) is 8.06. The minimum Gasteiger partial charge on any atom is -0.348 e. The van der Waals surface area contributed by atoms with Crippen molar-refractivity contribution in [2.45, 2.75) is 26.4 Å². The van der Waals surface area contributed by atoms with Crippen LogP contribution >= 0.6 is 22.7 Å². The minimum absolute atomic E-state index is 0.0801. The Labute approximate surface area is 126 Å². The summed E-state index contributed by atoms with van der Waals surface area (Å²) in [4.78, 5) is 20.0. The van der Waals surface area contributed by atoms with Crippen molar-refractivity contribution in [2.24, 2.45) is 0 Å². The summed E-state index contributed by atoms with van der Waals surface area (Å²) in [5.74, 6) is 0.0801. The van der Waals surface area contributed by atoms with Crippen LogP contribution in [0.25, 0.3) is 0 Å². The number of hydrogen-bond acceptors (Lipinski definition) is 5. The molecule has 106 valence electrons. The Morgan fingerprint density at radius 2 is 2.40 bits per heavy atom. The summed E-state index contributed by atoms with van der Waals surface area (Å²) in [7, 11) is 0. The van der Waals surface area contributed by atoms with E-state index in [1.165, 1.54) is 10.4 Å². The van der Waals surface area contributed by atoms with Crippen molar-refractivity contribution >= 4 is 28.6 Å². The van der Waals surface area contributed by atoms with E-state index in [0.717, 1.165) is 30.2 Å². The maximum absolute atomic E-state index is 12.0. The number of thiophene rings is 1. The third-order valence-corrected chi connectivity index (χ3v) is 5.35. The number of nitrogens with zero attached hydrogens (tertiary/aromatic N) is 2. The third kappa shape index (κ3) is 3.26. The lowest BCUT2D eigenvalue weighted by molar-refractivity contribution is -0.122. The van der Waals surface area contributed by atoms with Gasteiger partial charge in [0.1, 0.15) is 5.01 Å². The number of amides is 1. The van der Waals surface area contributed by atoms with Crippen LogP contribution in [0.15, 0.2) is 16.8 Å². The Morgan fingerprint density at radius 1 is 1.50 bits per heavy atom. The second-order valence-electron chi connectivity index (χ2n) is 4.99. The van der Waals surface area contributed by atoms with Gasteiger partial charge in [-0.05, 0) is 30.4 Å². The first-order chi connectivity index (χ1) is 9.70. The maximum Gasteiger partial charge on any atom is 0.234 e. The van der Waals surface area contributed by atoms with Crippen molar-refractivity contribution in [1.29, 1.82) is 0 Å². The zero-order chi connectivity index (χ0) is 13.9. The van der Waals surface area contributed by atoms with Crippen LogP contribution in [-0.2, 0) is 24.3 Å². The molecule has 0 bridgehead atoms. The quantitative estimate of drug-likeness (QED) is 0.942. The number of nitrogens with one attached hydrogen (secondary N) is 1. The molecule has 1 N–H and O–H groups in total. The minimum atomic E-state index is 0.0801. The summed E-state index contributed by atoms with van der Waals surface area (Å²) in [6.07, 6.45) is 1.06. The van der Waals surface area contributed by atoms with Gasteiger partial charge < -0.3 is 5.32 Å². The first-order valence-electron chi connectivity index (χ1n) is 6.66. The van der Waals surface area contributed by atoms with E-state index in [-0.39, 0.29) is 5.91 Å². The van der Waals surface area contributed by atoms with E-state index in [4.69, 9.17) is 0 Å². The summed E-state index contributed by atoms with van der Waals surface area (Å²) in [5.41, 5.74) is 2.39. The van der Waals surface area contributed by atoms with Crippen LogP contribution in [0.3, 0.4) is 0 Å². The van der Waals surface area contributed by atoms with Crippen molar-refractivity contribution in [3.05, 3.63) is 38.0 Å². The molecule has 4 nitrogen and oxygen atoms in total. The molecule has 3 rings (SSSR count). The predicted molar refractivity (Wildman–Crippen MR) is 82.0 cm³/mol. The standard InChI is InChI=1S/C14H17N3OS2/c1-10-9-20-14(16-10)6-15-13(18)8-17-4-2-12-11(7-17)3-5-19-12/h3,5,9H,2,4,6-8H2,1H3,(H,15,18). The van der Waals surface area contributed by atoms with Crippen LogP contribution in [0.4, 0.5) is 0 Å². The highest BCUT2D eigenvalue weighted by Crippen LogP contribution is 2.23. The highest BCUT2D eigenvalue weighted by Gasteiger charge is 2.19. The van der Waals surface area contributed by atoms with Crippen molar-refractivity contribution < 1.29 is 4.79 Å². The molecule has 0 aliphatic carbocycles. The molecular weight excluding hydrogens is 290 g/mol. The number of aromatic nitrogens is 1. The van der Waals surface area contributed by atoms with Crippen LogP contribution in [0, 0.1) is 6.92 Å². The molecule has 0 aromatic carbocycles. The van der Waals surface area contributed by atoms with Crippen molar-refractivity contribution in [2.75, 3.05) is 13.1 Å². The lowest BCUT2D eigenvalue weighted by Gasteiger charge is -2.25. The summed E-state index contributed by atoms with van der Waals surface area (Å²) >= 11 is 3.41. The van der Waals surface area contributed by atoms with E-state index in [0.29, 0.717) is 13.1 Å². The number of carbonyl (C=O) groups excluding carboxylic acids is 1. The fourth-order valence-corrected chi connectivity index (χ4v) is 3.96. The average Bonchev–Trinajstić information content (AvgIpc) is 3.04. The highest BCUT2D eigenvalue weighted by atomic mass is 32.1. The van der Waals surface area contributed by atoms with Crippen LogP contribution in [0.1, 0.15) is 21.1 Å². The number of carbonyl (C=O) groups is 1. The first kappa shape index (κ1) is 13.7. The first-order valence-corrected chi connectivity index (χ1v) is 8.42.